The van der Waals surface area contributed by atoms with Gasteiger partial charge in [0.05, 0.1) is 5.54 Å². The van der Waals surface area contributed by atoms with E-state index in [2.05, 4.69) is 5.32 Å². The van der Waals surface area contributed by atoms with Crippen LogP contribution in [0.4, 0.5) is 8.78 Å². The number of nitrogens with one attached hydrogen (secondary N) is 1. The van der Waals surface area contributed by atoms with Crippen LogP contribution in [0.3, 0.4) is 0 Å². The van der Waals surface area contributed by atoms with E-state index in [1.807, 2.05) is 6.92 Å². The molecule has 2 nitrogen and oxygen atoms in total. The zero-order chi connectivity index (χ0) is 14.8. The molecule has 1 heterocycles. The van der Waals surface area contributed by atoms with E-state index in [4.69, 9.17) is 11.6 Å². The Balaban J connectivity index is 2.31. The summed E-state index contributed by atoms with van der Waals surface area (Å²) in [4.78, 5) is 12.6. The summed E-state index contributed by atoms with van der Waals surface area (Å²) in [5, 5.41) is 3.60. The molecule has 0 saturated carbocycles. The van der Waals surface area contributed by atoms with Crippen LogP contribution in [0.15, 0.2) is 30.4 Å². The molecule has 0 spiro atoms. The molecule has 0 aromatic heterocycles. The Morgan fingerprint density at radius 1 is 1.50 bits per heavy atom. The Morgan fingerprint density at radius 2 is 2.25 bits per heavy atom. The van der Waals surface area contributed by atoms with Gasteiger partial charge in [0.1, 0.15) is 0 Å². The highest BCUT2D eigenvalue weighted by atomic mass is 35.5. The Kier molecular flexibility index (Phi) is 4.55. The normalized spacial score (nSPS) is 21.8. The molecule has 1 aliphatic rings. The van der Waals surface area contributed by atoms with Gasteiger partial charge in [0, 0.05) is 10.6 Å². The van der Waals surface area contributed by atoms with Crippen LogP contribution in [-0.4, -0.2) is 17.9 Å². The average molecular weight is 300 g/mol. The fourth-order valence-electron chi connectivity index (χ4n) is 2.53. The minimum Gasteiger partial charge on any atom is -0.304 e. The highest BCUT2D eigenvalue weighted by Gasteiger charge is 2.40. The predicted octanol–water partition coefficient (Wildman–Crippen LogP) is 4.12. The van der Waals surface area contributed by atoms with Gasteiger partial charge >= 0.3 is 0 Å². The van der Waals surface area contributed by atoms with Crippen LogP contribution in [-0.2, 0) is 0 Å². The van der Waals surface area contributed by atoms with Gasteiger partial charge in [-0.3, -0.25) is 4.79 Å². The van der Waals surface area contributed by atoms with E-state index in [0.29, 0.717) is 23.6 Å². The fraction of sp³-hybridized carbons (Fsp3) is 0.400. The van der Waals surface area contributed by atoms with Crippen molar-refractivity contribution in [2.75, 3.05) is 6.54 Å². The fourth-order valence-corrected chi connectivity index (χ4v) is 2.71. The molecule has 108 valence electrons. The van der Waals surface area contributed by atoms with Gasteiger partial charge in [-0.1, -0.05) is 23.7 Å². The molecule has 1 aromatic carbocycles. The Morgan fingerprint density at radius 3 is 2.80 bits per heavy atom. The van der Waals surface area contributed by atoms with Crippen molar-refractivity contribution in [3.05, 3.63) is 46.5 Å². The number of hydrogen-bond acceptors (Lipinski definition) is 2. The molecule has 0 bridgehead atoms. The van der Waals surface area contributed by atoms with Crippen molar-refractivity contribution < 1.29 is 13.6 Å². The van der Waals surface area contributed by atoms with Gasteiger partial charge in [-0.25, -0.2) is 0 Å². The van der Waals surface area contributed by atoms with Crippen molar-refractivity contribution >= 4 is 17.4 Å². The molecule has 1 aliphatic heterocycles. The van der Waals surface area contributed by atoms with Crippen LogP contribution in [0.5, 0.6) is 0 Å². The van der Waals surface area contributed by atoms with Crippen molar-refractivity contribution in [2.24, 2.45) is 0 Å². The summed E-state index contributed by atoms with van der Waals surface area (Å²) in [6.07, 6.45) is 0.410. The summed E-state index contributed by atoms with van der Waals surface area (Å²) in [5.41, 5.74) is 0.413. The summed E-state index contributed by atoms with van der Waals surface area (Å²) in [6.45, 7) is 2.51. The van der Waals surface area contributed by atoms with Gasteiger partial charge in [-0.05, 0) is 50.4 Å². The van der Waals surface area contributed by atoms with Crippen LogP contribution in [0.1, 0.15) is 35.2 Å². The first-order chi connectivity index (χ1) is 9.44. The quantitative estimate of drug-likeness (QED) is 0.847. The van der Waals surface area contributed by atoms with Crippen molar-refractivity contribution in [3.63, 3.8) is 0 Å². The van der Waals surface area contributed by atoms with Crippen molar-refractivity contribution in [3.8, 4) is 0 Å². The van der Waals surface area contributed by atoms with E-state index in [-0.39, 0.29) is 12.2 Å². The van der Waals surface area contributed by atoms with Crippen LogP contribution in [0, 0.1) is 6.92 Å². The summed E-state index contributed by atoms with van der Waals surface area (Å²) >= 11 is 6.03. The maximum atomic E-state index is 12.6. The highest BCUT2D eigenvalue weighted by Crippen LogP contribution is 2.30. The third kappa shape index (κ3) is 3.07. The summed E-state index contributed by atoms with van der Waals surface area (Å²) in [7, 11) is 0. The molecule has 2 rings (SSSR count). The standard InChI is InChI=1S/C15H16ClF2NO/c1-10-3-4-11(9-12(10)16)14(20)15(6-2-8-19-15)7-5-13(17)18/h3-5,9,19H,2,6-8H2,1H3. The minimum absolute atomic E-state index is 0.000335. The molecule has 1 fully saturated rings. The first kappa shape index (κ1) is 15.1. The molecular formula is C15H16ClF2NO. The first-order valence-electron chi connectivity index (χ1n) is 6.52. The number of Topliss-reactive ketones (excluding diaryl/α,β-unsaturated/α-hetero) is 1. The van der Waals surface area contributed by atoms with E-state index < -0.39 is 11.6 Å². The van der Waals surface area contributed by atoms with Crippen molar-refractivity contribution in [1.82, 2.24) is 5.32 Å². The minimum atomic E-state index is -1.76. The Labute approximate surface area is 121 Å². The van der Waals surface area contributed by atoms with Gasteiger partial charge in [-0.15, -0.1) is 0 Å². The van der Waals surface area contributed by atoms with E-state index in [1.165, 1.54) is 0 Å². The Hall–Kier alpha value is -1.26. The van der Waals surface area contributed by atoms with Gasteiger partial charge in [-0.2, -0.15) is 8.78 Å². The van der Waals surface area contributed by atoms with E-state index in [9.17, 15) is 13.6 Å². The first-order valence-corrected chi connectivity index (χ1v) is 6.89. The number of carbonyl (C=O) groups is 1. The smallest absolute Gasteiger partial charge is 0.266 e. The number of rotatable bonds is 4. The number of halogens is 3. The van der Waals surface area contributed by atoms with E-state index in [0.717, 1.165) is 18.1 Å². The van der Waals surface area contributed by atoms with E-state index in [1.54, 1.807) is 18.2 Å². The second kappa shape index (κ2) is 6.02. The molecule has 20 heavy (non-hydrogen) atoms. The lowest BCUT2D eigenvalue weighted by Gasteiger charge is -2.26. The molecule has 5 heteroatoms. The van der Waals surface area contributed by atoms with Gasteiger partial charge in [0.2, 0.25) is 0 Å². The van der Waals surface area contributed by atoms with Crippen molar-refractivity contribution in [1.29, 1.82) is 0 Å². The van der Waals surface area contributed by atoms with Gasteiger partial charge < -0.3 is 5.32 Å². The summed E-state index contributed by atoms with van der Waals surface area (Å²) in [5.74, 6) is -0.172. The molecular weight excluding hydrogens is 284 g/mol. The summed E-state index contributed by atoms with van der Waals surface area (Å²) < 4.78 is 24.7. The van der Waals surface area contributed by atoms with E-state index >= 15 is 0 Å². The molecule has 1 unspecified atom stereocenters. The lowest BCUT2D eigenvalue weighted by Crippen LogP contribution is -2.47. The lowest BCUT2D eigenvalue weighted by atomic mass is 9.84. The Bertz CT molecular complexity index is 547. The van der Waals surface area contributed by atoms with Crippen molar-refractivity contribution in [2.45, 2.75) is 31.7 Å². The van der Waals surface area contributed by atoms with Crippen LogP contribution in [0.2, 0.25) is 5.02 Å². The maximum absolute atomic E-state index is 12.6. The maximum Gasteiger partial charge on any atom is 0.266 e. The molecule has 1 aromatic rings. The number of hydrogen-bond donors (Lipinski definition) is 1. The van der Waals surface area contributed by atoms with Gasteiger partial charge in [0.15, 0.2) is 5.78 Å². The van der Waals surface area contributed by atoms with Crippen LogP contribution in [0.25, 0.3) is 0 Å². The molecule has 0 radical (unpaired) electrons. The van der Waals surface area contributed by atoms with Crippen LogP contribution < -0.4 is 5.32 Å². The molecule has 1 N–H and O–H groups in total. The highest BCUT2D eigenvalue weighted by molar-refractivity contribution is 6.31. The molecule has 0 amide bonds. The topological polar surface area (TPSA) is 29.1 Å². The molecule has 0 aliphatic carbocycles. The number of ketones is 1. The second-order valence-electron chi connectivity index (χ2n) is 5.10. The lowest BCUT2D eigenvalue weighted by molar-refractivity contribution is 0.0869. The third-order valence-corrected chi connectivity index (χ3v) is 4.12. The molecule has 1 atom stereocenters. The molecule has 1 saturated heterocycles. The van der Waals surface area contributed by atoms with Crippen LogP contribution >= 0.6 is 11.6 Å². The average Bonchev–Trinajstić information content (AvgIpc) is 2.89. The number of carbonyl (C=O) groups excluding carboxylic acids is 1. The number of aryl methyl sites for hydroxylation is 1. The predicted molar refractivity (Wildman–Crippen MR) is 75.4 cm³/mol. The zero-order valence-corrected chi connectivity index (χ0v) is 11.9. The second-order valence-corrected chi connectivity index (χ2v) is 5.51. The van der Waals surface area contributed by atoms with Gasteiger partial charge in [0.25, 0.3) is 6.08 Å². The monoisotopic (exact) mass is 299 g/mol. The number of benzene rings is 1. The summed E-state index contributed by atoms with van der Waals surface area (Å²) in [6, 6.07) is 5.07. The largest absolute Gasteiger partial charge is 0.304 e. The third-order valence-electron chi connectivity index (χ3n) is 3.72. The SMILES string of the molecule is Cc1ccc(C(=O)C2(CC=C(F)F)CCCN2)cc1Cl. The zero-order valence-electron chi connectivity index (χ0n) is 11.2.